The van der Waals surface area contributed by atoms with Crippen molar-refractivity contribution in [2.45, 2.75) is 39.2 Å². The van der Waals surface area contributed by atoms with Crippen LogP contribution in [0, 0.1) is 0 Å². The van der Waals surface area contributed by atoms with Gasteiger partial charge in [0.2, 0.25) is 0 Å². The van der Waals surface area contributed by atoms with Crippen LogP contribution in [-0.4, -0.2) is 59.6 Å². The zero-order chi connectivity index (χ0) is 12.0. The predicted molar refractivity (Wildman–Crippen MR) is 64.6 cm³/mol. The first-order chi connectivity index (χ1) is 7.63. The molecule has 1 unspecified atom stereocenters. The number of carboxylic acid groups (broad SMARTS) is 1. The smallest absolute Gasteiger partial charge is 0.303 e. The van der Waals surface area contributed by atoms with E-state index >= 15 is 0 Å². The van der Waals surface area contributed by atoms with E-state index in [1.165, 1.54) is 6.42 Å². The molecule has 1 saturated heterocycles. The van der Waals surface area contributed by atoms with Crippen LogP contribution in [0.25, 0.3) is 0 Å². The van der Waals surface area contributed by atoms with Crippen molar-refractivity contribution in [3.63, 3.8) is 0 Å². The molecule has 0 amide bonds. The lowest BCUT2D eigenvalue weighted by Gasteiger charge is -2.37. The fourth-order valence-electron chi connectivity index (χ4n) is 2.14. The Morgan fingerprint density at radius 1 is 1.31 bits per heavy atom. The SMILES string of the molecule is CCC(C)N1CCN(CCCC(=O)O)CC1. The van der Waals surface area contributed by atoms with Gasteiger partial charge in [-0.2, -0.15) is 0 Å². The van der Waals surface area contributed by atoms with E-state index in [1.807, 2.05) is 0 Å². The van der Waals surface area contributed by atoms with E-state index in [9.17, 15) is 4.79 Å². The summed E-state index contributed by atoms with van der Waals surface area (Å²) in [5.41, 5.74) is 0. The summed E-state index contributed by atoms with van der Waals surface area (Å²) >= 11 is 0. The molecule has 1 N–H and O–H groups in total. The Morgan fingerprint density at radius 2 is 1.94 bits per heavy atom. The van der Waals surface area contributed by atoms with Gasteiger partial charge in [0.05, 0.1) is 0 Å². The van der Waals surface area contributed by atoms with E-state index in [-0.39, 0.29) is 0 Å². The second-order valence-electron chi connectivity index (χ2n) is 4.63. The molecule has 1 aliphatic rings. The fraction of sp³-hybridized carbons (Fsp3) is 0.917. The molecule has 0 aliphatic carbocycles. The summed E-state index contributed by atoms with van der Waals surface area (Å²) in [7, 11) is 0. The second kappa shape index (κ2) is 6.86. The summed E-state index contributed by atoms with van der Waals surface area (Å²) in [5.74, 6) is -0.682. The standard InChI is InChI=1S/C12H24N2O2/c1-3-11(2)14-9-7-13(8-10-14)6-4-5-12(15)16/h11H,3-10H2,1-2H3,(H,15,16). The third kappa shape index (κ3) is 4.49. The molecule has 0 aromatic heterocycles. The highest BCUT2D eigenvalue weighted by Crippen LogP contribution is 2.09. The maximum Gasteiger partial charge on any atom is 0.303 e. The number of carboxylic acids is 1. The van der Waals surface area contributed by atoms with Crippen LogP contribution in [0.4, 0.5) is 0 Å². The van der Waals surface area contributed by atoms with E-state index in [4.69, 9.17) is 5.11 Å². The average Bonchev–Trinajstić information content (AvgIpc) is 2.28. The van der Waals surface area contributed by atoms with Gasteiger partial charge in [-0.15, -0.1) is 0 Å². The Bertz CT molecular complexity index is 213. The summed E-state index contributed by atoms with van der Waals surface area (Å²) in [6, 6.07) is 0.682. The van der Waals surface area contributed by atoms with Gasteiger partial charge in [0, 0.05) is 38.6 Å². The lowest BCUT2D eigenvalue weighted by Crippen LogP contribution is -2.49. The van der Waals surface area contributed by atoms with Gasteiger partial charge < -0.3 is 10.0 Å². The summed E-state index contributed by atoms with van der Waals surface area (Å²) in [6.07, 6.45) is 2.28. The molecule has 4 heteroatoms. The number of piperazine rings is 1. The molecule has 0 bridgehead atoms. The van der Waals surface area contributed by atoms with Gasteiger partial charge in [-0.1, -0.05) is 6.92 Å². The summed E-state index contributed by atoms with van der Waals surface area (Å²) in [6.45, 7) is 9.86. The van der Waals surface area contributed by atoms with Crippen molar-refractivity contribution < 1.29 is 9.90 Å². The molecule has 1 atom stereocenters. The van der Waals surface area contributed by atoms with Crippen molar-refractivity contribution in [1.82, 2.24) is 9.80 Å². The first-order valence-corrected chi connectivity index (χ1v) is 6.31. The highest BCUT2D eigenvalue weighted by atomic mass is 16.4. The quantitative estimate of drug-likeness (QED) is 0.743. The zero-order valence-corrected chi connectivity index (χ0v) is 10.5. The van der Waals surface area contributed by atoms with E-state index in [0.29, 0.717) is 12.5 Å². The Morgan fingerprint density at radius 3 is 2.44 bits per heavy atom. The third-order valence-corrected chi connectivity index (χ3v) is 3.49. The number of aliphatic carboxylic acids is 1. The second-order valence-corrected chi connectivity index (χ2v) is 4.63. The van der Waals surface area contributed by atoms with Crippen LogP contribution in [0.5, 0.6) is 0 Å². The number of rotatable bonds is 6. The van der Waals surface area contributed by atoms with Gasteiger partial charge in [-0.3, -0.25) is 9.69 Å². The van der Waals surface area contributed by atoms with E-state index < -0.39 is 5.97 Å². The van der Waals surface area contributed by atoms with Crippen LogP contribution in [0.3, 0.4) is 0 Å². The third-order valence-electron chi connectivity index (χ3n) is 3.49. The molecule has 1 aliphatic heterocycles. The maximum atomic E-state index is 10.4. The summed E-state index contributed by atoms with van der Waals surface area (Å²) < 4.78 is 0. The molecule has 0 spiro atoms. The Labute approximate surface area is 98.2 Å². The van der Waals surface area contributed by atoms with Crippen LogP contribution < -0.4 is 0 Å². The highest BCUT2D eigenvalue weighted by Gasteiger charge is 2.19. The number of nitrogens with zero attached hydrogens (tertiary/aromatic N) is 2. The molecule has 94 valence electrons. The van der Waals surface area contributed by atoms with Gasteiger partial charge >= 0.3 is 5.97 Å². The molecule has 0 aromatic rings. The van der Waals surface area contributed by atoms with Crippen molar-refractivity contribution in [2.75, 3.05) is 32.7 Å². The van der Waals surface area contributed by atoms with Crippen molar-refractivity contribution in [3.05, 3.63) is 0 Å². The molecular formula is C12H24N2O2. The molecular weight excluding hydrogens is 204 g/mol. The van der Waals surface area contributed by atoms with Crippen LogP contribution in [0.1, 0.15) is 33.1 Å². The van der Waals surface area contributed by atoms with Crippen LogP contribution in [0.2, 0.25) is 0 Å². The van der Waals surface area contributed by atoms with E-state index in [0.717, 1.165) is 39.1 Å². The normalized spacial score (nSPS) is 20.9. The number of hydrogen-bond acceptors (Lipinski definition) is 3. The Kier molecular flexibility index (Phi) is 5.77. The first-order valence-electron chi connectivity index (χ1n) is 6.31. The lowest BCUT2D eigenvalue weighted by atomic mass is 10.2. The summed E-state index contributed by atoms with van der Waals surface area (Å²) in [5, 5.41) is 8.56. The van der Waals surface area contributed by atoms with Gasteiger partial charge in [0.25, 0.3) is 0 Å². The topological polar surface area (TPSA) is 43.8 Å². The minimum Gasteiger partial charge on any atom is -0.481 e. The van der Waals surface area contributed by atoms with E-state index in [1.54, 1.807) is 0 Å². The average molecular weight is 228 g/mol. The van der Waals surface area contributed by atoms with E-state index in [2.05, 4.69) is 23.6 Å². The molecule has 1 rings (SSSR count). The predicted octanol–water partition coefficient (Wildman–Crippen LogP) is 1.27. The monoisotopic (exact) mass is 228 g/mol. The van der Waals surface area contributed by atoms with Crippen LogP contribution in [-0.2, 0) is 4.79 Å². The number of carbonyl (C=O) groups is 1. The van der Waals surface area contributed by atoms with Gasteiger partial charge in [-0.05, 0) is 26.3 Å². The molecule has 16 heavy (non-hydrogen) atoms. The fourth-order valence-corrected chi connectivity index (χ4v) is 2.14. The van der Waals surface area contributed by atoms with Crippen molar-refractivity contribution in [3.8, 4) is 0 Å². The lowest BCUT2D eigenvalue weighted by molar-refractivity contribution is -0.137. The summed E-state index contributed by atoms with van der Waals surface area (Å²) in [4.78, 5) is 15.3. The van der Waals surface area contributed by atoms with Gasteiger partial charge in [-0.25, -0.2) is 0 Å². The Balaban J connectivity index is 2.14. The highest BCUT2D eigenvalue weighted by molar-refractivity contribution is 5.66. The van der Waals surface area contributed by atoms with Crippen molar-refractivity contribution >= 4 is 5.97 Å². The molecule has 1 heterocycles. The molecule has 1 fully saturated rings. The number of hydrogen-bond donors (Lipinski definition) is 1. The van der Waals surface area contributed by atoms with Crippen LogP contribution in [0.15, 0.2) is 0 Å². The minimum absolute atomic E-state index is 0.297. The van der Waals surface area contributed by atoms with Crippen LogP contribution >= 0.6 is 0 Å². The molecule has 0 aromatic carbocycles. The Hall–Kier alpha value is -0.610. The first kappa shape index (κ1) is 13.5. The van der Waals surface area contributed by atoms with Gasteiger partial charge in [0.15, 0.2) is 0 Å². The molecule has 4 nitrogen and oxygen atoms in total. The largest absolute Gasteiger partial charge is 0.481 e. The van der Waals surface area contributed by atoms with Gasteiger partial charge in [0.1, 0.15) is 0 Å². The molecule has 0 radical (unpaired) electrons. The van der Waals surface area contributed by atoms with Crippen molar-refractivity contribution in [2.24, 2.45) is 0 Å². The zero-order valence-electron chi connectivity index (χ0n) is 10.5. The van der Waals surface area contributed by atoms with Crippen molar-refractivity contribution in [1.29, 1.82) is 0 Å². The maximum absolute atomic E-state index is 10.4. The minimum atomic E-state index is -0.682. The molecule has 0 saturated carbocycles.